The molecule has 0 amide bonds. The number of benzene rings is 1. The van der Waals surface area contributed by atoms with Crippen LogP contribution in [0.4, 0.5) is 0 Å². The molecule has 0 heterocycles. The molecule has 0 saturated heterocycles. The number of carbonyl (C=O) groups is 2. The second-order valence-electron chi connectivity index (χ2n) is 3.15. The van der Waals surface area contributed by atoms with Crippen LogP contribution in [0.5, 0.6) is 0 Å². The molecular formula is C10H12ClNO4. The van der Waals surface area contributed by atoms with Crippen molar-refractivity contribution in [3.8, 4) is 0 Å². The summed E-state index contributed by atoms with van der Waals surface area (Å²) in [6.07, 6.45) is 0.121. The topological polar surface area (TPSA) is 101 Å². The number of carboxylic acids is 2. The summed E-state index contributed by atoms with van der Waals surface area (Å²) in [7, 11) is 0. The summed E-state index contributed by atoms with van der Waals surface area (Å²) in [5.41, 5.74) is 6.06. The molecular weight excluding hydrogens is 234 g/mol. The van der Waals surface area contributed by atoms with E-state index in [9.17, 15) is 9.59 Å². The minimum Gasteiger partial charge on any atom is -0.480 e. The minimum atomic E-state index is -1.10. The van der Waals surface area contributed by atoms with Gasteiger partial charge >= 0.3 is 11.9 Å². The summed E-state index contributed by atoms with van der Waals surface area (Å²) in [4.78, 5) is 21.1. The van der Waals surface area contributed by atoms with E-state index in [0.29, 0.717) is 5.56 Å². The van der Waals surface area contributed by atoms with Crippen LogP contribution in [-0.4, -0.2) is 28.2 Å². The van der Waals surface area contributed by atoms with Crippen molar-refractivity contribution in [2.24, 2.45) is 5.73 Å². The van der Waals surface area contributed by atoms with Gasteiger partial charge in [0.25, 0.3) is 0 Å². The summed E-state index contributed by atoms with van der Waals surface area (Å²) in [5.74, 6) is -2.14. The van der Waals surface area contributed by atoms with Crippen molar-refractivity contribution < 1.29 is 19.8 Å². The smallest absolute Gasteiger partial charge is 0.335 e. The summed E-state index contributed by atoms with van der Waals surface area (Å²) < 4.78 is 0. The Morgan fingerprint density at radius 2 is 1.94 bits per heavy atom. The highest BCUT2D eigenvalue weighted by atomic mass is 35.5. The zero-order valence-corrected chi connectivity index (χ0v) is 9.11. The van der Waals surface area contributed by atoms with E-state index in [1.165, 1.54) is 12.1 Å². The fourth-order valence-corrected chi connectivity index (χ4v) is 1.17. The molecule has 4 N–H and O–H groups in total. The van der Waals surface area contributed by atoms with Gasteiger partial charge in [0.2, 0.25) is 0 Å². The van der Waals surface area contributed by atoms with Gasteiger partial charge in [-0.3, -0.25) is 4.79 Å². The van der Waals surface area contributed by atoms with Crippen molar-refractivity contribution in [3.05, 3.63) is 35.4 Å². The summed E-state index contributed by atoms with van der Waals surface area (Å²) in [6.45, 7) is 0. The van der Waals surface area contributed by atoms with Crippen LogP contribution in [0, 0.1) is 0 Å². The number of carboxylic acid groups (broad SMARTS) is 2. The number of aromatic carboxylic acids is 1. The van der Waals surface area contributed by atoms with Gasteiger partial charge in [0, 0.05) is 0 Å². The first-order chi connectivity index (χ1) is 7.00. The molecule has 0 aromatic heterocycles. The summed E-state index contributed by atoms with van der Waals surface area (Å²) in [5, 5.41) is 17.3. The fourth-order valence-electron chi connectivity index (χ4n) is 1.17. The number of halogens is 1. The van der Waals surface area contributed by atoms with Crippen LogP contribution in [0.2, 0.25) is 0 Å². The summed E-state index contributed by atoms with van der Waals surface area (Å²) in [6, 6.07) is 5.07. The highest BCUT2D eigenvalue weighted by Crippen LogP contribution is 2.07. The first-order valence-corrected chi connectivity index (χ1v) is 4.31. The average molecular weight is 246 g/mol. The van der Waals surface area contributed by atoms with E-state index >= 15 is 0 Å². The predicted molar refractivity (Wildman–Crippen MR) is 60.0 cm³/mol. The van der Waals surface area contributed by atoms with E-state index < -0.39 is 18.0 Å². The van der Waals surface area contributed by atoms with Gasteiger partial charge in [-0.15, -0.1) is 12.4 Å². The molecule has 0 bridgehead atoms. The molecule has 5 nitrogen and oxygen atoms in total. The lowest BCUT2D eigenvalue weighted by Gasteiger charge is -2.06. The van der Waals surface area contributed by atoms with Gasteiger partial charge < -0.3 is 15.9 Å². The second kappa shape index (κ2) is 6.09. The molecule has 0 saturated carbocycles. The van der Waals surface area contributed by atoms with E-state index in [0.717, 1.165) is 0 Å². The molecule has 88 valence electrons. The van der Waals surface area contributed by atoms with Crippen LogP contribution in [0.3, 0.4) is 0 Å². The average Bonchev–Trinajstić information content (AvgIpc) is 2.18. The molecule has 6 heteroatoms. The molecule has 0 aliphatic heterocycles. The number of nitrogens with two attached hydrogens (primary N) is 1. The fraction of sp³-hybridized carbons (Fsp3) is 0.200. The van der Waals surface area contributed by atoms with Crippen molar-refractivity contribution >= 4 is 24.3 Å². The Kier molecular flexibility index (Phi) is 5.49. The number of rotatable bonds is 4. The van der Waals surface area contributed by atoms with E-state index in [4.69, 9.17) is 15.9 Å². The highest BCUT2D eigenvalue weighted by molar-refractivity contribution is 5.87. The van der Waals surface area contributed by atoms with E-state index in [2.05, 4.69) is 0 Å². The number of aliphatic carboxylic acids is 1. The van der Waals surface area contributed by atoms with Crippen LogP contribution < -0.4 is 5.73 Å². The number of hydrogen-bond donors (Lipinski definition) is 3. The maximum Gasteiger partial charge on any atom is 0.335 e. The van der Waals surface area contributed by atoms with Gasteiger partial charge in [0.05, 0.1) is 5.56 Å². The summed E-state index contributed by atoms with van der Waals surface area (Å²) >= 11 is 0. The van der Waals surface area contributed by atoms with Crippen molar-refractivity contribution in [2.75, 3.05) is 0 Å². The maximum atomic E-state index is 10.6. The second-order valence-corrected chi connectivity index (χ2v) is 3.15. The van der Waals surface area contributed by atoms with E-state index in [1.54, 1.807) is 12.1 Å². The van der Waals surface area contributed by atoms with Gasteiger partial charge in [-0.1, -0.05) is 12.1 Å². The molecule has 0 radical (unpaired) electrons. The Morgan fingerprint density at radius 1 is 1.31 bits per heavy atom. The maximum absolute atomic E-state index is 10.6. The van der Waals surface area contributed by atoms with Gasteiger partial charge in [0.15, 0.2) is 0 Å². The van der Waals surface area contributed by atoms with Crippen LogP contribution in [-0.2, 0) is 11.2 Å². The van der Waals surface area contributed by atoms with Crippen molar-refractivity contribution in [1.29, 1.82) is 0 Å². The monoisotopic (exact) mass is 245 g/mol. The van der Waals surface area contributed by atoms with Crippen molar-refractivity contribution in [2.45, 2.75) is 12.5 Å². The third-order valence-electron chi connectivity index (χ3n) is 1.95. The van der Waals surface area contributed by atoms with Crippen molar-refractivity contribution in [1.82, 2.24) is 0 Å². The standard InChI is InChI=1S/C10H11NO4.ClH/c11-8(10(14)15)5-6-2-1-3-7(4-6)9(12)13;/h1-4,8H,5,11H2,(H,12,13)(H,14,15);1H. The molecule has 1 aromatic carbocycles. The Morgan fingerprint density at radius 3 is 2.44 bits per heavy atom. The van der Waals surface area contributed by atoms with Crippen LogP contribution in [0.15, 0.2) is 24.3 Å². The molecule has 1 unspecified atom stereocenters. The van der Waals surface area contributed by atoms with Gasteiger partial charge in [0.1, 0.15) is 6.04 Å². The first-order valence-electron chi connectivity index (χ1n) is 4.31. The lowest BCUT2D eigenvalue weighted by molar-refractivity contribution is -0.138. The van der Waals surface area contributed by atoms with E-state index in [1.807, 2.05) is 0 Å². The van der Waals surface area contributed by atoms with Crippen LogP contribution in [0.1, 0.15) is 15.9 Å². The zero-order valence-electron chi connectivity index (χ0n) is 8.29. The van der Waals surface area contributed by atoms with Crippen LogP contribution >= 0.6 is 12.4 Å². The number of hydrogen-bond acceptors (Lipinski definition) is 3. The molecule has 0 aliphatic rings. The minimum absolute atomic E-state index is 0. The van der Waals surface area contributed by atoms with Gasteiger partial charge in [-0.2, -0.15) is 0 Å². The largest absolute Gasteiger partial charge is 0.480 e. The molecule has 0 fully saturated rings. The Balaban J connectivity index is 0.00000225. The van der Waals surface area contributed by atoms with Gasteiger partial charge in [-0.25, -0.2) is 4.79 Å². The predicted octanol–water partition coefficient (Wildman–Crippen LogP) is 0.761. The molecule has 0 aliphatic carbocycles. The SMILES string of the molecule is Cl.NC(Cc1cccc(C(=O)O)c1)C(=O)O. The van der Waals surface area contributed by atoms with Crippen LogP contribution in [0.25, 0.3) is 0 Å². The van der Waals surface area contributed by atoms with E-state index in [-0.39, 0.29) is 24.4 Å². The highest BCUT2D eigenvalue weighted by Gasteiger charge is 2.12. The lowest BCUT2D eigenvalue weighted by Crippen LogP contribution is -2.32. The molecule has 1 rings (SSSR count). The third-order valence-corrected chi connectivity index (χ3v) is 1.95. The molecule has 1 aromatic rings. The normalized spacial score (nSPS) is 11.3. The molecule has 16 heavy (non-hydrogen) atoms. The first kappa shape index (κ1) is 14.4. The molecule has 1 atom stereocenters. The molecule has 0 spiro atoms. The zero-order chi connectivity index (χ0) is 11.4. The van der Waals surface area contributed by atoms with Gasteiger partial charge in [-0.05, 0) is 24.1 Å². The lowest BCUT2D eigenvalue weighted by atomic mass is 10.0. The van der Waals surface area contributed by atoms with Crippen molar-refractivity contribution in [3.63, 3.8) is 0 Å². The Labute approximate surface area is 98.3 Å². The Bertz CT molecular complexity index is 394. The Hall–Kier alpha value is -1.59. The quantitative estimate of drug-likeness (QED) is 0.727. The third kappa shape index (κ3) is 3.88.